The molecule has 0 radical (unpaired) electrons. The quantitative estimate of drug-likeness (QED) is 0.666. The highest BCUT2D eigenvalue weighted by molar-refractivity contribution is 7.89. The Morgan fingerprint density at radius 3 is 2.47 bits per heavy atom. The molecule has 2 amide bonds. The van der Waals surface area contributed by atoms with E-state index < -0.39 is 15.9 Å². The molecule has 0 saturated carbocycles. The van der Waals surface area contributed by atoms with Crippen molar-refractivity contribution in [1.82, 2.24) is 14.9 Å². The molecule has 2 N–H and O–H groups in total. The third kappa shape index (κ3) is 4.89. The van der Waals surface area contributed by atoms with E-state index in [1.54, 1.807) is 18.2 Å². The van der Waals surface area contributed by atoms with E-state index in [4.69, 9.17) is 9.47 Å². The van der Waals surface area contributed by atoms with Crippen molar-refractivity contribution in [3.05, 3.63) is 53.6 Å². The minimum atomic E-state index is -3.88. The van der Waals surface area contributed by atoms with Gasteiger partial charge in [-0.15, -0.1) is 0 Å². The molecule has 0 bridgehead atoms. The standard InChI is InChI=1S/C20H23N3O6S/c1-28-16-8-14(9-17(11-16)29-2)12-22-20(25)15-4-3-5-18(10-15)30(26,27)23-7-6-21-19(24)13-23/h3-5,8-11H,6-7,12-13H2,1-2H3,(H,21,24)(H,22,25). The average Bonchev–Trinajstić information content (AvgIpc) is 2.77. The maximum Gasteiger partial charge on any atom is 0.251 e. The van der Waals surface area contributed by atoms with E-state index in [0.717, 1.165) is 9.87 Å². The topological polar surface area (TPSA) is 114 Å². The second-order valence-corrected chi connectivity index (χ2v) is 8.56. The lowest BCUT2D eigenvalue weighted by molar-refractivity contribution is -0.122. The number of benzene rings is 2. The van der Waals surface area contributed by atoms with E-state index in [0.29, 0.717) is 11.5 Å². The number of nitrogens with one attached hydrogen (secondary N) is 2. The van der Waals surface area contributed by atoms with Crippen LogP contribution in [-0.2, 0) is 21.4 Å². The molecule has 0 aromatic heterocycles. The van der Waals surface area contributed by atoms with Crippen LogP contribution >= 0.6 is 0 Å². The summed E-state index contributed by atoms with van der Waals surface area (Å²) in [5, 5.41) is 5.35. The molecule has 1 heterocycles. The summed E-state index contributed by atoms with van der Waals surface area (Å²) in [7, 11) is -0.803. The highest BCUT2D eigenvalue weighted by Gasteiger charge is 2.29. The molecule has 2 aromatic carbocycles. The fourth-order valence-corrected chi connectivity index (χ4v) is 4.46. The van der Waals surface area contributed by atoms with Crippen molar-refractivity contribution in [3.63, 3.8) is 0 Å². The summed E-state index contributed by atoms with van der Waals surface area (Å²) < 4.78 is 37.2. The van der Waals surface area contributed by atoms with Crippen LogP contribution in [0.25, 0.3) is 0 Å². The van der Waals surface area contributed by atoms with Crippen molar-refractivity contribution in [2.45, 2.75) is 11.4 Å². The number of nitrogens with zero attached hydrogens (tertiary/aromatic N) is 1. The van der Waals surface area contributed by atoms with Crippen molar-refractivity contribution < 1.29 is 27.5 Å². The van der Waals surface area contributed by atoms with Gasteiger partial charge in [0.25, 0.3) is 5.91 Å². The molecule has 10 heteroatoms. The number of methoxy groups -OCH3 is 2. The molecule has 9 nitrogen and oxygen atoms in total. The Morgan fingerprint density at radius 2 is 1.83 bits per heavy atom. The van der Waals surface area contributed by atoms with E-state index in [2.05, 4.69) is 10.6 Å². The predicted molar refractivity (Wildman–Crippen MR) is 109 cm³/mol. The minimum absolute atomic E-state index is 0.0344. The van der Waals surface area contributed by atoms with Crippen molar-refractivity contribution >= 4 is 21.8 Å². The van der Waals surface area contributed by atoms with Crippen molar-refractivity contribution in [2.24, 2.45) is 0 Å². The second kappa shape index (κ2) is 9.14. The zero-order valence-corrected chi connectivity index (χ0v) is 17.5. The first kappa shape index (κ1) is 21.6. The van der Waals surface area contributed by atoms with E-state index in [1.165, 1.54) is 38.5 Å². The van der Waals surface area contributed by atoms with Crippen LogP contribution in [-0.4, -0.2) is 58.4 Å². The third-order valence-corrected chi connectivity index (χ3v) is 6.44. The van der Waals surface area contributed by atoms with E-state index >= 15 is 0 Å². The minimum Gasteiger partial charge on any atom is -0.497 e. The SMILES string of the molecule is COc1cc(CNC(=O)c2cccc(S(=O)(=O)N3CCNC(=O)C3)c2)cc(OC)c1. The first-order valence-corrected chi connectivity index (χ1v) is 10.6. The van der Waals surface area contributed by atoms with Gasteiger partial charge in [0.1, 0.15) is 11.5 Å². The van der Waals surface area contributed by atoms with Gasteiger partial charge in [-0.1, -0.05) is 6.07 Å². The molecule has 1 aliphatic rings. The lowest BCUT2D eigenvalue weighted by Crippen LogP contribution is -2.49. The Labute approximate surface area is 175 Å². The Morgan fingerprint density at radius 1 is 1.13 bits per heavy atom. The van der Waals surface area contributed by atoms with Gasteiger partial charge < -0.3 is 20.1 Å². The number of amides is 2. The van der Waals surface area contributed by atoms with Crippen LogP contribution in [0.1, 0.15) is 15.9 Å². The van der Waals surface area contributed by atoms with Gasteiger partial charge in [0, 0.05) is 31.3 Å². The molecule has 1 fully saturated rings. The molecule has 0 unspecified atom stereocenters. The summed E-state index contributed by atoms with van der Waals surface area (Å²) in [4.78, 5) is 24.1. The largest absolute Gasteiger partial charge is 0.497 e. The Hall–Kier alpha value is -3.11. The molecule has 160 valence electrons. The first-order chi connectivity index (χ1) is 14.3. The number of hydrogen-bond acceptors (Lipinski definition) is 6. The zero-order valence-electron chi connectivity index (χ0n) is 16.7. The number of hydrogen-bond donors (Lipinski definition) is 2. The Kier molecular flexibility index (Phi) is 6.58. The first-order valence-electron chi connectivity index (χ1n) is 9.20. The maximum absolute atomic E-state index is 12.8. The lowest BCUT2D eigenvalue weighted by Gasteiger charge is -2.26. The molecular formula is C20H23N3O6S. The summed E-state index contributed by atoms with van der Waals surface area (Å²) in [5.74, 6) is 0.409. The number of sulfonamides is 1. The summed E-state index contributed by atoms with van der Waals surface area (Å²) in [6, 6.07) is 11.0. The van der Waals surface area contributed by atoms with Crippen LogP contribution in [0.15, 0.2) is 47.4 Å². The normalized spacial score (nSPS) is 14.7. The molecule has 30 heavy (non-hydrogen) atoms. The van der Waals surface area contributed by atoms with Gasteiger partial charge in [0.05, 0.1) is 25.7 Å². The summed E-state index contributed by atoms with van der Waals surface area (Å²) in [6.07, 6.45) is 0. The number of ether oxygens (including phenoxy) is 2. The van der Waals surface area contributed by atoms with Crippen molar-refractivity contribution in [2.75, 3.05) is 33.9 Å². The number of carbonyl (C=O) groups excluding carboxylic acids is 2. The third-order valence-electron chi connectivity index (χ3n) is 4.60. The highest BCUT2D eigenvalue weighted by Crippen LogP contribution is 2.22. The van der Waals surface area contributed by atoms with E-state index in [9.17, 15) is 18.0 Å². The fourth-order valence-electron chi connectivity index (χ4n) is 3.02. The fraction of sp³-hybridized carbons (Fsp3) is 0.300. The molecule has 1 aliphatic heterocycles. The smallest absolute Gasteiger partial charge is 0.251 e. The van der Waals surface area contributed by atoms with Crippen molar-refractivity contribution in [3.8, 4) is 11.5 Å². The molecular weight excluding hydrogens is 410 g/mol. The number of rotatable bonds is 7. The van der Waals surface area contributed by atoms with Gasteiger partial charge in [-0.3, -0.25) is 9.59 Å². The highest BCUT2D eigenvalue weighted by atomic mass is 32.2. The van der Waals surface area contributed by atoms with Crippen LogP contribution in [0.5, 0.6) is 11.5 Å². The zero-order chi connectivity index (χ0) is 21.7. The van der Waals surface area contributed by atoms with Crippen LogP contribution in [0.3, 0.4) is 0 Å². The predicted octanol–water partition coefficient (Wildman–Crippen LogP) is 0.754. The van der Waals surface area contributed by atoms with Gasteiger partial charge >= 0.3 is 0 Å². The van der Waals surface area contributed by atoms with Crippen LogP contribution in [0.4, 0.5) is 0 Å². The molecule has 0 atom stereocenters. The monoisotopic (exact) mass is 433 g/mol. The molecule has 3 rings (SSSR count). The molecule has 1 saturated heterocycles. The Bertz CT molecular complexity index is 1030. The van der Waals surface area contributed by atoms with Gasteiger partial charge in [0.2, 0.25) is 15.9 Å². The van der Waals surface area contributed by atoms with Crippen LogP contribution < -0.4 is 20.1 Å². The molecule has 0 aliphatic carbocycles. The average molecular weight is 433 g/mol. The molecule has 0 spiro atoms. The Balaban J connectivity index is 1.74. The maximum atomic E-state index is 12.8. The van der Waals surface area contributed by atoms with Crippen LogP contribution in [0.2, 0.25) is 0 Å². The van der Waals surface area contributed by atoms with E-state index in [-0.39, 0.29) is 42.5 Å². The van der Waals surface area contributed by atoms with Gasteiger partial charge in [-0.25, -0.2) is 8.42 Å². The van der Waals surface area contributed by atoms with Crippen LogP contribution in [0, 0.1) is 0 Å². The summed E-state index contributed by atoms with van der Waals surface area (Å²) in [6.45, 7) is 0.399. The lowest BCUT2D eigenvalue weighted by atomic mass is 10.1. The number of carbonyl (C=O) groups is 2. The summed E-state index contributed by atoms with van der Waals surface area (Å²) in [5.41, 5.74) is 0.968. The van der Waals surface area contributed by atoms with Gasteiger partial charge in [-0.05, 0) is 35.9 Å². The van der Waals surface area contributed by atoms with E-state index in [1.807, 2.05) is 0 Å². The summed E-state index contributed by atoms with van der Waals surface area (Å²) >= 11 is 0. The van der Waals surface area contributed by atoms with Crippen molar-refractivity contribution in [1.29, 1.82) is 0 Å². The molecule has 2 aromatic rings. The number of piperazine rings is 1. The van der Waals surface area contributed by atoms with Gasteiger partial charge in [0.15, 0.2) is 0 Å². The van der Waals surface area contributed by atoms with Gasteiger partial charge in [-0.2, -0.15) is 4.31 Å². The second-order valence-electron chi connectivity index (χ2n) is 6.62.